The summed E-state index contributed by atoms with van der Waals surface area (Å²) in [5.41, 5.74) is 2.76. The van der Waals surface area contributed by atoms with Gasteiger partial charge in [0.2, 0.25) is 5.91 Å². The molecule has 134 valence electrons. The van der Waals surface area contributed by atoms with Gasteiger partial charge in [-0.05, 0) is 19.1 Å². The van der Waals surface area contributed by atoms with Crippen LogP contribution in [0.25, 0.3) is 5.69 Å². The lowest BCUT2D eigenvalue weighted by Crippen LogP contribution is -2.16. The number of hydrogen-bond acceptors (Lipinski definition) is 4. The highest BCUT2D eigenvalue weighted by Gasteiger charge is 2.30. The summed E-state index contributed by atoms with van der Waals surface area (Å²) < 4.78 is 30.5. The predicted molar refractivity (Wildman–Crippen MR) is 94.4 cm³/mol. The molecule has 1 aromatic carbocycles. The number of benzene rings is 1. The fourth-order valence-corrected chi connectivity index (χ4v) is 4.11. The number of aromatic nitrogens is 4. The first-order valence-corrected chi connectivity index (χ1v) is 8.94. The molecule has 0 bridgehead atoms. The lowest BCUT2D eigenvalue weighted by atomic mass is 10.1. The fraction of sp³-hybridized carbons (Fsp3) is 0.235. The van der Waals surface area contributed by atoms with Crippen molar-refractivity contribution in [1.29, 1.82) is 0 Å². The number of thioether (sulfide) groups is 1. The van der Waals surface area contributed by atoms with Gasteiger partial charge in [0.25, 0.3) is 0 Å². The second-order valence-corrected chi connectivity index (χ2v) is 7.10. The summed E-state index contributed by atoms with van der Waals surface area (Å²) in [4.78, 5) is 12.2. The zero-order valence-corrected chi connectivity index (χ0v) is 14.8. The molecule has 4 rings (SSSR count). The Morgan fingerprint density at radius 2 is 2.00 bits per heavy atom. The van der Waals surface area contributed by atoms with Crippen molar-refractivity contribution in [2.45, 2.75) is 12.2 Å². The van der Waals surface area contributed by atoms with E-state index >= 15 is 0 Å². The van der Waals surface area contributed by atoms with E-state index in [2.05, 4.69) is 15.5 Å². The zero-order valence-electron chi connectivity index (χ0n) is 14.0. The number of nitrogens with one attached hydrogen (secondary N) is 1. The predicted octanol–water partition coefficient (Wildman–Crippen LogP) is 2.97. The van der Waals surface area contributed by atoms with E-state index in [-0.39, 0.29) is 22.6 Å². The van der Waals surface area contributed by atoms with Gasteiger partial charge in [0.05, 0.1) is 23.4 Å². The lowest BCUT2D eigenvalue weighted by molar-refractivity contribution is -0.113. The fourth-order valence-electron chi connectivity index (χ4n) is 2.96. The number of carbonyl (C=O) groups is 1. The summed E-state index contributed by atoms with van der Waals surface area (Å²) in [5, 5.41) is 11.1. The quantitative estimate of drug-likeness (QED) is 0.748. The van der Waals surface area contributed by atoms with E-state index in [1.165, 1.54) is 22.5 Å². The average molecular weight is 375 g/mol. The number of nitrogens with zero attached hydrogens (tertiary/aromatic N) is 4. The molecule has 1 amide bonds. The number of rotatable bonds is 2. The number of carbonyl (C=O) groups excluding carboxylic acids is 1. The SMILES string of the molecule is Cc1c([C@@H]2SCC(=O)Nc3c2cnn3-c2ccc(F)cc2F)cnn1C. The van der Waals surface area contributed by atoms with Gasteiger partial charge in [-0.25, -0.2) is 13.5 Å². The van der Waals surface area contributed by atoms with Crippen molar-refractivity contribution in [3.8, 4) is 5.69 Å². The maximum atomic E-state index is 14.2. The number of amides is 1. The largest absolute Gasteiger partial charge is 0.310 e. The van der Waals surface area contributed by atoms with Gasteiger partial charge in [0, 0.05) is 29.9 Å². The Balaban J connectivity index is 1.87. The smallest absolute Gasteiger partial charge is 0.235 e. The topological polar surface area (TPSA) is 64.7 Å². The number of fused-ring (bicyclic) bond motifs is 1. The van der Waals surface area contributed by atoms with Crippen LogP contribution < -0.4 is 5.32 Å². The molecule has 1 aliphatic heterocycles. The van der Waals surface area contributed by atoms with Gasteiger partial charge in [0.15, 0.2) is 5.82 Å². The molecule has 1 aliphatic rings. The first-order valence-electron chi connectivity index (χ1n) is 7.89. The number of hydrogen-bond donors (Lipinski definition) is 1. The summed E-state index contributed by atoms with van der Waals surface area (Å²) in [6.07, 6.45) is 3.37. The molecule has 0 unspecified atom stereocenters. The van der Waals surface area contributed by atoms with Gasteiger partial charge >= 0.3 is 0 Å². The lowest BCUT2D eigenvalue weighted by Gasteiger charge is -2.14. The van der Waals surface area contributed by atoms with E-state index in [0.717, 1.165) is 29.0 Å². The molecule has 0 saturated heterocycles. The first kappa shape index (κ1) is 16.8. The van der Waals surface area contributed by atoms with Gasteiger partial charge < -0.3 is 5.32 Å². The van der Waals surface area contributed by atoms with Crippen LogP contribution in [-0.4, -0.2) is 31.2 Å². The summed E-state index contributed by atoms with van der Waals surface area (Å²) >= 11 is 1.46. The van der Waals surface area contributed by atoms with Gasteiger partial charge in [0.1, 0.15) is 17.3 Å². The van der Waals surface area contributed by atoms with Crippen LogP contribution in [0, 0.1) is 18.6 Å². The Morgan fingerprint density at radius 1 is 1.23 bits per heavy atom. The Hall–Kier alpha value is -2.68. The van der Waals surface area contributed by atoms with Crippen LogP contribution in [0.3, 0.4) is 0 Å². The third-order valence-electron chi connectivity index (χ3n) is 4.41. The van der Waals surface area contributed by atoms with E-state index in [0.29, 0.717) is 5.82 Å². The molecule has 0 fully saturated rings. The monoisotopic (exact) mass is 375 g/mol. The summed E-state index contributed by atoms with van der Waals surface area (Å²) in [6.45, 7) is 1.95. The van der Waals surface area contributed by atoms with Crippen molar-refractivity contribution in [3.63, 3.8) is 0 Å². The molecule has 6 nitrogen and oxygen atoms in total. The third kappa shape index (κ3) is 2.68. The van der Waals surface area contributed by atoms with Crippen LogP contribution in [0.2, 0.25) is 0 Å². The molecule has 3 heterocycles. The van der Waals surface area contributed by atoms with Crippen LogP contribution in [-0.2, 0) is 11.8 Å². The van der Waals surface area contributed by atoms with E-state index in [9.17, 15) is 13.6 Å². The number of aryl methyl sites for hydroxylation is 1. The molecule has 9 heteroatoms. The molecule has 0 radical (unpaired) electrons. The summed E-state index contributed by atoms with van der Waals surface area (Å²) in [6, 6.07) is 3.24. The van der Waals surface area contributed by atoms with Gasteiger partial charge in [-0.3, -0.25) is 9.48 Å². The normalized spacial score (nSPS) is 16.9. The van der Waals surface area contributed by atoms with Crippen molar-refractivity contribution in [2.75, 3.05) is 11.1 Å². The number of anilines is 1. The number of halogens is 2. The zero-order chi connectivity index (χ0) is 18.4. The Kier molecular flexibility index (Phi) is 4.03. The van der Waals surface area contributed by atoms with Crippen LogP contribution in [0.4, 0.5) is 14.6 Å². The molecular formula is C17H15F2N5OS. The molecule has 26 heavy (non-hydrogen) atoms. The highest BCUT2D eigenvalue weighted by Crippen LogP contribution is 2.43. The Morgan fingerprint density at radius 3 is 2.69 bits per heavy atom. The van der Waals surface area contributed by atoms with Crippen molar-refractivity contribution < 1.29 is 13.6 Å². The standard InChI is InChI=1S/C17H15F2N5OS/c1-9-11(6-20-23(9)2)16-12-7-21-24(17(12)22-15(25)8-26-16)14-4-3-10(18)5-13(14)19/h3-7,16H,8H2,1-2H3,(H,22,25)/t16-/m0/s1. The minimum Gasteiger partial charge on any atom is -0.310 e. The van der Waals surface area contributed by atoms with Gasteiger partial charge in [-0.15, -0.1) is 11.8 Å². The minimum atomic E-state index is -0.754. The highest BCUT2D eigenvalue weighted by molar-refractivity contribution is 8.00. The molecule has 3 aromatic rings. The van der Waals surface area contributed by atoms with Gasteiger partial charge in [-0.2, -0.15) is 10.2 Å². The van der Waals surface area contributed by atoms with Crippen LogP contribution in [0.5, 0.6) is 0 Å². The molecule has 0 aliphatic carbocycles. The van der Waals surface area contributed by atoms with Gasteiger partial charge in [-0.1, -0.05) is 0 Å². The first-order chi connectivity index (χ1) is 12.5. The van der Waals surface area contributed by atoms with E-state index in [1.807, 2.05) is 14.0 Å². The Bertz CT molecular complexity index is 1010. The summed E-state index contributed by atoms with van der Waals surface area (Å²) in [7, 11) is 1.85. The third-order valence-corrected chi connectivity index (χ3v) is 5.68. The van der Waals surface area contributed by atoms with E-state index in [1.54, 1.807) is 17.1 Å². The van der Waals surface area contributed by atoms with Crippen molar-refractivity contribution in [1.82, 2.24) is 19.6 Å². The maximum absolute atomic E-state index is 14.2. The van der Waals surface area contributed by atoms with Crippen molar-refractivity contribution in [3.05, 3.63) is 59.0 Å². The van der Waals surface area contributed by atoms with Crippen LogP contribution in [0.1, 0.15) is 22.1 Å². The average Bonchev–Trinajstić information content (AvgIpc) is 3.09. The van der Waals surface area contributed by atoms with Crippen LogP contribution >= 0.6 is 11.8 Å². The van der Waals surface area contributed by atoms with E-state index < -0.39 is 11.6 Å². The van der Waals surface area contributed by atoms with Crippen molar-refractivity contribution >= 4 is 23.5 Å². The molecule has 0 spiro atoms. The van der Waals surface area contributed by atoms with E-state index in [4.69, 9.17) is 0 Å². The molecule has 1 atom stereocenters. The molecule has 1 N–H and O–H groups in total. The molecule has 2 aromatic heterocycles. The minimum absolute atomic E-state index is 0.0708. The van der Waals surface area contributed by atoms with Crippen molar-refractivity contribution in [2.24, 2.45) is 7.05 Å². The Labute approximate surface area is 152 Å². The maximum Gasteiger partial charge on any atom is 0.235 e. The second-order valence-electron chi connectivity index (χ2n) is 6.00. The second kappa shape index (κ2) is 6.24. The molecule has 0 saturated carbocycles. The molecular weight excluding hydrogens is 360 g/mol. The van der Waals surface area contributed by atoms with Crippen LogP contribution in [0.15, 0.2) is 30.6 Å². The summed E-state index contributed by atoms with van der Waals surface area (Å²) in [5.74, 6) is -0.994. The highest BCUT2D eigenvalue weighted by atomic mass is 32.2.